The molecule has 0 N–H and O–H groups in total. The van der Waals surface area contributed by atoms with Gasteiger partial charge in [-0.3, -0.25) is 4.79 Å². The van der Waals surface area contributed by atoms with Gasteiger partial charge in [0.25, 0.3) is 5.91 Å². The Labute approximate surface area is 160 Å². The van der Waals surface area contributed by atoms with Crippen LogP contribution in [0, 0.1) is 0 Å². The molecule has 0 unspecified atom stereocenters. The van der Waals surface area contributed by atoms with Crippen LogP contribution in [0.15, 0.2) is 54.6 Å². The molecule has 2 aromatic carbocycles. The van der Waals surface area contributed by atoms with Crippen molar-refractivity contribution in [3.05, 3.63) is 65.7 Å². The molecule has 27 heavy (non-hydrogen) atoms. The lowest BCUT2D eigenvalue weighted by atomic mass is 10.2. The van der Waals surface area contributed by atoms with Crippen molar-refractivity contribution in [1.82, 2.24) is 9.21 Å². The highest BCUT2D eigenvalue weighted by Crippen LogP contribution is 2.18. The van der Waals surface area contributed by atoms with E-state index in [1.165, 1.54) is 10.6 Å². The van der Waals surface area contributed by atoms with Crippen LogP contribution in [0.4, 0.5) is 0 Å². The molecule has 0 saturated carbocycles. The lowest BCUT2D eigenvalue weighted by Gasteiger charge is -2.21. The molecule has 0 radical (unpaired) electrons. The summed E-state index contributed by atoms with van der Waals surface area (Å²) in [5.74, 6) is 0.535. The van der Waals surface area contributed by atoms with Crippen molar-refractivity contribution in [2.24, 2.45) is 0 Å². The second kappa shape index (κ2) is 8.54. The first-order valence-corrected chi connectivity index (χ1v) is 10.8. The van der Waals surface area contributed by atoms with Gasteiger partial charge in [-0.05, 0) is 30.2 Å². The van der Waals surface area contributed by atoms with Gasteiger partial charge in [0.05, 0.1) is 6.26 Å². The third-order valence-corrected chi connectivity index (χ3v) is 5.84. The third kappa shape index (κ3) is 5.30. The molecule has 0 spiro atoms. The Morgan fingerprint density at radius 1 is 1.00 bits per heavy atom. The predicted octanol–water partition coefficient (Wildman–Crippen LogP) is 2.37. The third-order valence-electron chi connectivity index (χ3n) is 4.54. The minimum Gasteiger partial charge on any atom is -0.489 e. The molecule has 7 heteroatoms. The van der Waals surface area contributed by atoms with Crippen molar-refractivity contribution in [2.45, 2.75) is 13.0 Å². The summed E-state index contributed by atoms with van der Waals surface area (Å²) in [6.07, 6.45) is 1.83. The second-order valence-electron chi connectivity index (χ2n) is 6.61. The van der Waals surface area contributed by atoms with E-state index in [0.717, 1.165) is 5.56 Å². The standard InChI is InChI=1S/C20H24N2O4S/c1-27(24,25)22-12-6-11-21(13-14-22)20(23)18-9-5-10-19(15-18)26-16-17-7-3-2-4-8-17/h2-5,7-10,15H,6,11-14,16H2,1H3. The summed E-state index contributed by atoms with van der Waals surface area (Å²) in [5.41, 5.74) is 1.61. The molecule has 144 valence electrons. The zero-order valence-electron chi connectivity index (χ0n) is 15.4. The summed E-state index contributed by atoms with van der Waals surface area (Å²) in [6.45, 7) is 2.14. The molecular formula is C20H24N2O4S. The van der Waals surface area contributed by atoms with E-state index in [1.807, 2.05) is 36.4 Å². The van der Waals surface area contributed by atoms with Crippen molar-refractivity contribution in [3.8, 4) is 5.75 Å². The van der Waals surface area contributed by atoms with Crippen LogP contribution in [0.3, 0.4) is 0 Å². The lowest BCUT2D eigenvalue weighted by Crippen LogP contribution is -2.36. The molecule has 2 aromatic rings. The molecule has 1 saturated heterocycles. The first-order chi connectivity index (χ1) is 12.9. The molecule has 0 bridgehead atoms. The van der Waals surface area contributed by atoms with Gasteiger partial charge in [0.2, 0.25) is 10.0 Å². The van der Waals surface area contributed by atoms with Gasteiger partial charge in [-0.1, -0.05) is 36.4 Å². The van der Waals surface area contributed by atoms with Crippen LogP contribution in [0.5, 0.6) is 5.75 Å². The van der Waals surface area contributed by atoms with E-state index >= 15 is 0 Å². The normalized spacial score (nSPS) is 16.0. The number of ether oxygens (including phenoxy) is 1. The maximum absolute atomic E-state index is 12.8. The summed E-state index contributed by atoms with van der Waals surface area (Å²) in [5, 5.41) is 0. The maximum Gasteiger partial charge on any atom is 0.254 e. The number of benzene rings is 2. The van der Waals surface area contributed by atoms with Gasteiger partial charge in [-0.2, -0.15) is 0 Å². The number of rotatable bonds is 5. The van der Waals surface area contributed by atoms with E-state index in [9.17, 15) is 13.2 Å². The molecule has 6 nitrogen and oxygen atoms in total. The number of hydrogen-bond donors (Lipinski definition) is 0. The number of carbonyl (C=O) groups is 1. The number of sulfonamides is 1. The average molecular weight is 388 g/mol. The Kier molecular flexibility index (Phi) is 6.13. The van der Waals surface area contributed by atoms with Crippen LogP contribution in [0.1, 0.15) is 22.3 Å². The van der Waals surface area contributed by atoms with Crippen LogP contribution in [-0.4, -0.2) is 56.0 Å². The number of carbonyl (C=O) groups excluding carboxylic acids is 1. The van der Waals surface area contributed by atoms with E-state index in [4.69, 9.17) is 4.74 Å². The van der Waals surface area contributed by atoms with Gasteiger partial charge in [0, 0.05) is 31.7 Å². The summed E-state index contributed by atoms with van der Waals surface area (Å²) < 4.78 is 30.7. The molecule has 1 aliphatic heterocycles. The van der Waals surface area contributed by atoms with Crippen LogP contribution >= 0.6 is 0 Å². The molecule has 3 rings (SSSR count). The van der Waals surface area contributed by atoms with E-state index < -0.39 is 10.0 Å². The fraction of sp³-hybridized carbons (Fsp3) is 0.350. The Morgan fingerprint density at radius 2 is 1.78 bits per heavy atom. The molecule has 1 heterocycles. The van der Waals surface area contributed by atoms with Gasteiger partial charge in [-0.25, -0.2) is 12.7 Å². The largest absolute Gasteiger partial charge is 0.489 e. The highest BCUT2D eigenvalue weighted by atomic mass is 32.2. The first kappa shape index (κ1) is 19.4. The molecular weight excluding hydrogens is 364 g/mol. The molecule has 0 aromatic heterocycles. The number of nitrogens with zero attached hydrogens (tertiary/aromatic N) is 2. The Bertz CT molecular complexity index is 884. The Morgan fingerprint density at radius 3 is 2.52 bits per heavy atom. The van der Waals surface area contributed by atoms with Gasteiger partial charge in [-0.15, -0.1) is 0 Å². The SMILES string of the molecule is CS(=O)(=O)N1CCCN(C(=O)c2cccc(OCc3ccccc3)c2)CC1. The van der Waals surface area contributed by atoms with Crippen molar-refractivity contribution in [3.63, 3.8) is 0 Å². The quantitative estimate of drug-likeness (QED) is 0.789. The molecule has 1 fully saturated rings. The van der Waals surface area contributed by atoms with Crippen LogP contribution in [0.2, 0.25) is 0 Å². The number of hydrogen-bond acceptors (Lipinski definition) is 4. The topological polar surface area (TPSA) is 66.9 Å². The van der Waals surface area contributed by atoms with Gasteiger partial charge in [0.15, 0.2) is 0 Å². The van der Waals surface area contributed by atoms with Crippen molar-refractivity contribution in [1.29, 1.82) is 0 Å². The smallest absolute Gasteiger partial charge is 0.254 e. The Balaban J connectivity index is 1.64. The summed E-state index contributed by atoms with van der Waals surface area (Å²) in [4.78, 5) is 14.5. The van der Waals surface area contributed by atoms with Crippen LogP contribution in [0.25, 0.3) is 0 Å². The highest BCUT2D eigenvalue weighted by molar-refractivity contribution is 7.88. The predicted molar refractivity (Wildman–Crippen MR) is 104 cm³/mol. The molecule has 1 amide bonds. The lowest BCUT2D eigenvalue weighted by molar-refractivity contribution is 0.0763. The van der Waals surface area contributed by atoms with Crippen molar-refractivity contribution < 1.29 is 17.9 Å². The fourth-order valence-electron chi connectivity index (χ4n) is 3.07. The van der Waals surface area contributed by atoms with Crippen LogP contribution < -0.4 is 4.74 Å². The van der Waals surface area contributed by atoms with Gasteiger partial charge < -0.3 is 9.64 Å². The zero-order chi connectivity index (χ0) is 19.3. The van der Waals surface area contributed by atoms with E-state index in [-0.39, 0.29) is 5.91 Å². The van der Waals surface area contributed by atoms with E-state index in [2.05, 4.69) is 0 Å². The first-order valence-electron chi connectivity index (χ1n) is 8.95. The van der Waals surface area contributed by atoms with Crippen molar-refractivity contribution in [2.75, 3.05) is 32.4 Å². The monoisotopic (exact) mass is 388 g/mol. The highest BCUT2D eigenvalue weighted by Gasteiger charge is 2.24. The van der Waals surface area contributed by atoms with E-state index in [1.54, 1.807) is 23.1 Å². The fourth-order valence-corrected chi connectivity index (χ4v) is 3.94. The molecule has 0 atom stereocenters. The summed E-state index contributed by atoms with van der Waals surface area (Å²) in [7, 11) is -3.23. The summed E-state index contributed by atoms with van der Waals surface area (Å²) >= 11 is 0. The Hall–Kier alpha value is -2.38. The molecule has 0 aliphatic carbocycles. The average Bonchev–Trinajstić information content (AvgIpc) is 2.93. The van der Waals surface area contributed by atoms with Crippen molar-refractivity contribution >= 4 is 15.9 Å². The summed E-state index contributed by atoms with van der Waals surface area (Å²) in [6, 6.07) is 17.0. The van der Waals surface area contributed by atoms with Gasteiger partial charge >= 0.3 is 0 Å². The minimum atomic E-state index is -3.23. The minimum absolute atomic E-state index is 0.101. The van der Waals surface area contributed by atoms with E-state index in [0.29, 0.717) is 50.5 Å². The molecule has 1 aliphatic rings. The van der Waals surface area contributed by atoms with Gasteiger partial charge in [0.1, 0.15) is 12.4 Å². The second-order valence-corrected chi connectivity index (χ2v) is 8.59. The maximum atomic E-state index is 12.8. The number of amides is 1. The zero-order valence-corrected chi connectivity index (χ0v) is 16.2. The van der Waals surface area contributed by atoms with Crippen LogP contribution in [-0.2, 0) is 16.6 Å².